The van der Waals surface area contributed by atoms with Crippen molar-refractivity contribution in [1.29, 1.82) is 0 Å². The molecule has 1 aliphatic heterocycles. The molecule has 0 N–H and O–H groups in total. The quantitative estimate of drug-likeness (QED) is 0.159. The van der Waals surface area contributed by atoms with Crippen LogP contribution in [0.25, 0.3) is 73.4 Å². The van der Waals surface area contributed by atoms with Gasteiger partial charge in [-0.3, -0.25) is 0 Å². The van der Waals surface area contributed by atoms with Crippen LogP contribution in [0.4, 0.5) is 51.2 Å². The fraction of sp³-hybridized carbons (Fsp3) is 0.0400. The molecule has 0 unspecified atom stereocenters. The lowest BCUT2D eigenvalue weighted by atomic mass is 9.64. The molecule has 1 aliphatic carbocycles. The smallest absolute Gasteiger partial charge is 0.160 e. The number of rotatable bonds is 7. The largest absolute Gasteiger partial charge is 0.454 e. The van der Waals surface area contributed by atoms with E-state index in [9.17, 15) is 0 Å². The average Bonchev–Trinajstić information content (AvgIpc) is 4.36. The molecule has 4 heterocycles. The first-order valence-electron chi connectivity index (χ1n) is 27.7. The van der Waals surface area contributed by atoms with Gasteiger partial charge in [-0.05, 0) is 180 Å². The molecular weight excluding hydrogens is 1020 g/mol. The van der Waals surface area contributed by atoms with Crippen LogP contribution in [0.5, 0.6) is 0 Å². The number of hydrogen-bond donors (Lipinski definition) is 0. The summed E-state index contributed by atoms with van der Waals surface area (Å²) in [7, 11) is 0. The van der Waals surface area contributed by atoms with Gasteiger partial charge >= 0.3 is 0 Å². The van der Waals surface area contributed by atoms with Gasteiger partial charge in [-0.2, -0.15) is 0 Å². The molecule has 3 aromatic heterocycles. The summed E-state index contributed by atoms with van der Waals surface area (Å²) in [5.41, 5.74) is 20.3. The number of aryl methyl sites for hydroxylation is 2. The number of thiophene rings is 2. The van der Waals surface area contributed by atoms with Crippen molar-refractivity contribution in [3.63, 3.8) is 0 Å². The van der Waals surface area contributed by atoms with Crippen molar-refractivity contribution in [3.05, 3.63) is 294 Å². The SMILES string of the molecule is Cc1cccc(N(c2ccc3c(c2)C2(c4ccccc4N(c4ccccc4)c4ccccc42)c2cc(N(c4cccc(C)c4)c4ccc5sc6ccccc6c5c4)c4oc5ccccc5c4c2-3)c2ccc3sc4ccccc4c3c2)c1. The highest BCUT2D eigenvalue weighted by molar-refractivity contribution is 7.26. The summed E-state index contributed by atoms with van der Waals surface area (Å²) in [5.74, 6) is 0. The van der Waals surface area contributed by atoms with Crippen molar-refractivity contribution in [3.8, 4) is 11.1 Å². The fourth-order valence-electron chi connectivity index (χ4n) is 13.8. The zero-order chi connectivity index (χ0) is 53.5. The molecule has 0 fully saturated rings. The van der Waals surface area contributed by atoms with Crippen molar-refractivity contribution in [2.45, 2.75) is 19.3 Å². The van der Waals surface area contributed by atoms with Gasteiger partial charge in [0.25, 0.3) is 0 Å². The van der Waals surface area contributed by atoms with Gasteiger partial charge in [0.1, 0.15) is 5.58 Å². The Bertz CT molecular complexity index is 5040. The van der Waals surface area contributed by atoms with Crippen LogP contribution >= 0.6 is 22.7 Å². The lowest BCUT2D eigenvalue weighted by molar-refractivity contribution is 0.668. The summed E-state index contributed by atoms with van der Waals surface area (Å²) in [6, 6.07) is 97.2. The molecule has 2 aliphatic rings. The molecule has 0 saturated carbocycles. The van der Waals surface area contributed by atoms with Gasteiger partial charge in [0.15, 0.2) is 5.58 Å². The van der Waals surface area contributed by atoms with Gasteiger partial charge in [-0.15, -0.1) is 22.7 Å². The maximum atomic E-state index is 7.40. The lowest BCUT2D eigenvalue weighted by Crippen LogP contribution is -2.36. The summed E-state index contributed by atoms with van der Waals surface area (Å²) in [4.78, 5) is 7.42. The highest BCUT2D eigenvalue weighted by atomic mass is 32.1. The Kier molecular flexibility index (Phi) is 10.1. The summed E-state index contributed by atoms with van der Waals surface area (Å²) < 4.78 is 12.5. The van der Waals surface area contributed by atoms with Crippen LogP contribution in [0.15, 0.2) is 265 Å². The van der Waals surface area contributed by atoms with E-state index in [-0.39, 0.29) is 0 Å². The normalized spacial score (nSPS) is 13.1. The molecule has 0 saturated heterocycles. The number of hydrogen-bond acceptors (Lipinski definition) is 6. The van der Waals surface area contributed by atoms with Gasteiger partial charge in [0.2, 0.25) is 0 Å². The van der Waals surface area contributed by atoms with E-state index in [1.165, 1.54) is 84.9 Å². The zero-order valence-electron chi connectivity index (χ0n) is 44.4. The topological polar surface area (TPSA) is 22.9 Å². The molecule has 4 nitrogen and oxygen atoms in total. The third kappa shape index (κ3) is 6.75. The van der Waals surface area contributed by atoms with Gasteiger partial charge < -0.3 is 19.1 Å². The minimum Gasteiger partial charge on any atom is -0.454 e. The molecule has 0 amide bonds. The highest BCUT2D eigenvalue weighted by Gasteiger charge is 2.53. The number of para-hydroxylation sites is 4. The maximum absolute atomic E-state index is 7.40. The standard InChI is InChI=1S/C75H49N3OS2/c1-46-18-16-22-49(40-46)76(51-35-38-70-58(42-51)54-24-7-14-32-68(54)80-70)53-34-37-56-62(44-53)75(60-27-9-11-29-64(60)78(48-20-4-3-5-21-48)65-30-12-10-28-61(65)75)63-45-66(74-73(72(56)63)57-26-6-13-31-67(57)79-74)77(50-23-17-19-47(2)41-50)52-36-39-71-59(43-52)55-25-8-15-33-69(55)81-71/h3-45H,1-2H3. The van der Waals surface area contributed by atoms with E-state index < -0.39 is 5.41 Å². The van der Waals surface area contributed by atoms with Crippen molar-refractivity contribution in [2.75, 3.05) is 14.7 Å². The molecule has 15 aromatic rings. The van der Waals surface area contributed by atoms with E-state index in [2.05, 4.69) is 289 Å². The van der Waals surface area contributed by atoms with Crippen LogP contribution in [0.1, 0.15) is 33.4 Å². The second kappa shape index (κ2) is 17.6. The van der Waals surface area contributed by atoms with Crippen LogP contribution in [-0.2, 0) is 5.41 Å². The van der Waals surface area contributed by atoms with Gasteiger partial charge in [-0.25, -0.2) is 0 Å². The molecule has 382 valence electrons. The zero-order valence-corrected chi connectivity index (χ0v) is 46.0. The van der Waals surface area contributed by atoms with Gasteiger partial charge in [0, 0.05) is 85.2 Å². The number of furan rings is 1. The second-order valence-electron chi connectivity index (χ2n) is 21.7. The summed E-state index contributed by atoms with van der Waals surface area (Å²) in [6.07, 6.45) is 0. The average molecular weight is 1070 g/mol. The Balaban J connectivity index is 1.01. The Morgan fingerprint density at radius 1 is 0.370 bits per heavy atom. The number of fused-ring (bicyclic) bond motifs is 19. The molecule has 17 rings (SSSR count). The minimum atomic E-state index is -0.835. The Hall–Kier alpha value is -9.72. The van der Waals surface area contributed by atoms with Gasteiger partial charge in [-0.1, -0.05) is 140 Å². The molecule has 12 aromatic carbocycles. The first-order valence-corrected chi connectivity index (χ1v) is 29.4. The summed E-state index contributed by atoms with van der Waals surface area (Å²) in [5, 5.41) is 7.23. The molecule has 0 atom stereocenters. The van der Waals surface area contributed by atoms with E-state index in [0.29, 0.717) is 0 Å². The first-order chi connectivity index (χ1) is 40.0. The van der Waals surface area contributed by atoms with E-state index in [1.54, 1.807) is 0 Å². The van der Waals surface area contributed by atoms with Crippen LogP contribution in [-0.4, -0.2) is 0 Å². The number of benzene rings is 12. The Labute approximate surface area is 476 Å². The van der Waals surface area contributed by atoms with Crippen molar-refractivity contribution >= 4 is 136 Å². The van der Waals surface area contributed by atoms with Crippen LogP contribution in [0.2, 0.25) is 0 Å². The van der Waals surface area contributed by atoms with E-state index in [4.69, 9.17) is 4.42 Å². The number of nitrogens with zero attached hydrogens (tertiary/aromatic N) is 3. The number of anilines is 9. The summed E-state index contributed by atoms with van der Waals surface area (Å²) in [6.45, 7) is 4.38. The van der Waals surface area contributed by atoms with Crippen molar-refractivity contribution in [2.24, 2.45) is 0 Å². The summed E-state index contributed by atoms with van der Waals surface area (Å²) >= 11 is 3.71. The van der Waals surface area contributed by atoms with Crippen LogP contribution in [0.3, 0.4) is 0 Å². The molecule has 81 heavy (non-hydrogen) atoms. The Morgan fingerprint density at radius 2 is 0.877 bits per heavy atom. The molecule has 0 radical (unpaired) electrons. The van der Waals surface area contributed by atoms with Crippen LogP contribution < -0.4 is 14.7 Å². The third-order valence-electron chi connectivity index (χ3n) is 17.1. The Morgan fingerprint density at radius 3 is 1.52 bits per heavy atom. The maximum Gasteiger partial charge on any atom is 0.160 e. The van der Waals surface area contributed by atoms with E-state index >= 15 is 0 Å². The highest BCUT2D eigenvalue weighted by Crippen LogP contribution is 2.67. The molecule has 6 heteroatoms. The second-order valence-corrected chi connectivity index (χ2v) is 23.9. The lowest BCUT2D eigenvalue weighted by Gasteiger charge is -2.45. The van der Waals surface area contributed by atoms with E-state index in [0.717, 1.165) is 73.1 Å². The fourth-order valence-corrected chi connectivity index (χ4v) is 15.9. The molecule has 1 spiro atoms. The molecule has 0 bridgehead atoms. The minimum absolute atomic E-state index is 0.835. The predicted molar refractivity (Wildman–Crippen MR) is 344 cm³/mol. The van der Waals surface area contributed by atoms with E-state index in [1.807, 2.05) is 22.7 Å². The van der Waals surface area contributed by atoms with Crippen molar-refractivity contribution < 1.29 is 4.42 Å². The monoisotopic (exact) mass is 1070 g/mol. The molecular formula is C75H49N3OS2. The third-order valence-corrected chi connectivity index (χ3v) is 19.4. The predicted octanol–water partition coefficient (Wildman–Crippen LogP) is 22.0. The van der Waals surface area contributed by atoms with Gasteiger partial charge in [0.05, 0.1) is 22.5 Å². The van der Waals surface area contributed by atoms with Crippen molar-refractivity contribution in [1.82, 2.24) is 0 Å². The van der Waals surface area contributed by atoms with Crippen LogP contribution in [0, 0.1) is 13.8 Å². The first kappa shape index (κ1) is 46.2.